The molecule has 2 heteroatoms. The van der Waals surface area contributed by atoms with Crippen LogP contribution in [0.4, 0.5) is 0 Å². The van der Waals surface area contributed by atoms with Gasteiger partial charge in [-0.2, -0.15) is 0 Å². The maximum absolute atomic E-state index is 11.2. The van der Waals surface area contributed by atoms with E-state index in [4.69, 9.17) is 4.74 Å². The Kier molecular flexibility index (Phi) is 5.99. The summed E-state index contributed by atoms with van der Waals surface area (Å²) in [7, 11) is 1.70. The molecule has 0 atom stereocenters. The van der Waals surface area contributed by atoms with Gasteiger partial charge in [-0.3, -0.25) is 0 Å². The van der Waals surface area contributed by atoms with E-state index in [0.717, 1.165) is 29.7 Å². The molecule has 2 nitrogen and oxygen atoms in total. The maximum atomic E-state index is 11.2. The molecule has 0 unspecified atom stereocenters. The molecule has 0 aromatic heterocycles. The minimum absolute atomic E-state index is 0.135. The second kappa shape index (κ2) is 6.85. The van der Waals surface area contributed by atoms with Gasteiger partial charge in [0, 0.05) is 11.1 Å². The van der Waals surface area contributed by atoms with Crippen molar-refractivity contribution < 1.29 is 9.84 Å². The summed E-state index contributed by atoms with van der Waals surface area (Å²) >= 11 is 0. The van der Waals surface area contributed by atoms with Crippen LogP contribution in [0.5, 0.6) is 11.5 Å². The maximum Gasteiger partial charge on any atom is 0.123 e. The highest BCUT2D eigenvalue weighted by Crippen LogP contribution is 2.48. The number of methoxy groups -OCH3 is 1. The van der Waals surface area contributed by atoms with Gasteiger partial charge in [0.25, 0.3) is 0 Å². The lowest BCUT2D eigenvalue weighted by atomic mass is 9.68. The van der Waals surface area contributed by atoms with Crippen molar-refractivity contribution in [3.8, 4) is 11.5 Å². The molecule has 0 aliphatic heterocycles. The van der Waals surface area contributed by atoms with Crippen molar-refractivity contribution in [1.82, 2.24) is 0 Å². The normalized spacial score (nSPS) is 13.9. The van der Waals surface area contributed by atoms with Crippen LogP contribution in [-0.4, -0.2) is 12.2 Å². The summed E-state index contributed by atoms with van der Waals surface area (Å²) in [4.78, 5) is 0. The van der Waals surface area contributed by atoms with Gasteiger partial charge >= 0.3 is 0 Å². The number of phenols is 1. The van der Waals surface area contributed by atoms with Crippen LogP contribution in [-0.2, 0) is 10.8 Å². The third kappa shape index (κ3) is 5.94. The van der Waals surface area contributed by atoms with Gasteiger partial charge in [0.1, 0.15) is 11.5 Å². The Morgan fingerprint density at radius 3 is 1.28 bits per heavy atom. The van der Waals surface area contributed by atoms with Crippen LogP contribution < -0.4 is 4.74 Å². The number of hydrogen-bond acceptors (Lipinski definition) is 2. The van der Waals surface area contributed by atoms with E-state index in [1.807, 2.05) is 12.1 Å². The van der Waals surface area contributed by atoms with Crippen molar-refractivity contribution in [3.05, 3.63) is 23.3 Å². The minimum atomic E-state index is -0.135. The van der Waals surface area contributed by atoms with E-state index in [0.29, 0.717) is 5.75 Å². The minimum Gasteiger partial charge on any atom is -0.507 e. The molecule has 0 radical (unpaired) electrons. The monoisotopic (exact) mass is 348 g/mol. The number of rotatable bonds is 5. The summed E-state index contributed by atoms with van der Waals surface area (Å²) < 4.78 is 5.59. The Bertz CT molecular complexity index is 546. The summed E-state index contributed by atoms with van der Waals surface area (Å²) in [6.07, 6.45) is 1.97. The number of hydrogen-bond donors (Lipinski definition) is 1. The first-order chi connectivity index (χ1) is 11.0. The summed E-state index contributed by atoms with van der Waals surface area (Å²) in [6.45, 7) is 22.3. The second-order valence-electron chi connectivity index (χ2n) is 11.3. The molecular weight excluding hydrogens is 308 g/mol. The van der Waals surface area contributed by atoms with Gasteiger partial charge in [-0.05, 0) is 46.6 Å². The standard InChI is InChI=1S/C23H40O2/c1-20(2,3)14-22(7,8)17-12-16(25-11)13-18(19(17)24)23(9,10)15-21(4,5)6/h12-13,24H,14-15H2,1-11H3. The Labute approximate surface area is 156 Å². The first-order valence-corrected chi connectivity index (χ1v) is 9.40. The molecule has 1 aromatic carbocycles. The SMILES string of the molecule is COc1cc(C(C)(C)CC(C)(C)C)c(O)c(C(C)(C)CC(C)(C)C)c1. The van der Waals surface area contributed by atoms with Gasteiger partial charge < -0.3 is 9.84 Å². The molecule has 1 rings (SSSR count). The summed E-state index contributed by atoms with van der Waals surface area (Å²) in [5.41, 5.74) is 2.06. The highest BCUT2D eigenvalue weighted by atomic mass is 16.5. The lowest BCUT2D eigenvalue weighted by Crippen LogP contribution is -2.28. The van der Waals surface area contributed by atoms with Crippen LogP contribution in [0.3, 0.4) is 0 Å². The van der Waals surface area contributed by atoms with Crippen molar-refractivity contribution in [2.45, 2.75) is 92.9 Å². The Balaban J connectivity index is 3.53. The highest BCUT2D eigenvalue weighted by molar-refractivity contribution is 5.52. The van der Waals surface area contributed by atoms with Crippen molar-refractivity contribution >= 4 is 0 Å². The van der Waals surface area contributed by atoms with Crippen molar-refractivity contribution in [3.63, 3.8) is 0 Å². The second-order valence-corrected chi connectivity index (χ2v) is 11.3. The van der Waals surface area contributed by atoms with E-state index in [2.05, 4.69) is 69.2 Å². The quantitative estimate of drug-likeness (QED) is 0.632. The zero-order valence-corrected chi connectivity index (χ0v) is 18.4. The molecule has 144 valence electrons. The number of aromatic hydroxyl groups is 1. The van der Waals surface area contributed by atoms with Crippen LogP contribution in [0.2, 0.25) is 0 Å². The van der Waals surface area contributed by atoms with E-state index in [1.54, 1.807) is 7.11 Å². The molecule has 0 saturated heterocycles. The summed E-state index contributed by atoms with van der Waals surface area (Å²) in [5.74, 6) is 1.26. The highest BCUT2D eigenvalue weighted by Gasteiger charge is 2.35. The predicted molar refractivity (Wildman–Crippen MR) is 109 cm³/mol. The van der Waals surface area contributed by atoms with Gasteiger partial charge in [-0.25, -0.2) is 0 Å². The van der Waals surface area contributed by atoms with Crippen LogP contribution >= 0.6 is 0 Å². The molecule has 0 amide bonds. The summed E-state index contributed by atoms with van der Waals surface area (Å²) in [6, 6.07) is 4.02. The molecule has 0 saturated carbocycles. The number of phenolic OH excluding ortho intramolecular Hbond substituents is 1. The fourth-order valence-electron chi connectivity index (χ4n) is 4.60. The third-order valence-electron chi connectivity index (χ3n) is 4.72. The molecule has 0 bridgehead atoms. The molecule has 0 spiro atoms. The zero-order valence-electron chi connectivity index (χ0n) is 18.4. The van der Waals surface area contributed by atoms with Crippen LogP contribution in [0.25, 0.3) is 0 Å². The van der Waals surface area contributed by atoms with Crippen molar-refractivity contribution in [1.29, 1.82) is 0 Å². The largest absolute Gasteiger partial charge is 0.507 e. The first-order valence-electron chi connectivity index (χ1n) is 9.40. The Morgan fingerprint density at radius 2 is 1.04 bits per heavy atom. The lowest BCUT2D eigenvalue weighted by molar-refractivity contribution is 0.266. The fourth-order valence-corrected chi connectivity index (χ4v) is 4.60. The van der Waals surface area contributed by atoms with E-state index in [9.17, 15) is 5.11 Å². The third-order valence-corrected chi connectivity index (χ3v) is 4.72. The Hall–Kier alpha value is -1.18. The van der Waals surface area contributed by atoms with Crippen molar-refractivity contribution in [2.24, 2.45) is 10.8 Å². The van der Waals surface area contributed by atoms with E-state index >= 15 is 0 Å². The van der Waals surface area contributed by atoms with Gasteiger partial charge in [0.05, 0.1) is 7.11 Å². The molecule has 1 N–H and O–H groups in total. The van der Waals surface area contributed by atoms with E-state index < -0.39 is 0 Å². The fraction of sp³-hybridized carbons (Fsp3) is 0.739. The van der Waals surface area contributed by atoms with Gasteiger partial charge in [0.15, 0.2) is 0 Å². The van der Waals surface area contributed by atoms with Crippen LogP contribution in [0, 0.1) is 10.8 Å². The summed E-state index contributed by atoms with van der Waals surface area (Å²) in [5, 5.41) is 11.2. The van der Waals surface area contributed by atoms with E-state index in [1.165, 1.54) is 0 Å². The molecular formula is C23H40O2. The number of benzene rings is 1. The van der Waals surface area contributed by atoms with Gasteiger partial charge in [-0.1, -0.05) is 69.2 Å². The molecule has 25 heavy (non-hydrogen) atoms. The van der Waals surface area contributed by atoms with Crippen LogP contribution in [0.15, 0.2) is 12.1 Å². The van der Waals surface area contributed by atoms with Crippen molar-refractivity contribution in [2.75, 3.05) is 7.11 Å². The van der Waals surface area contributed by atoms with Crippen LogP contribution in [0.1, 0.15) is 93.2 Å². The topological polar surface area (TPSA) is 29.5 Å². The Morgan fingerprint density at radius 1 is 0.720 bits per heavy atom. The lowest BCUT2D eigenvalue weighted by Gasteiger charge is -2.37. The van der Waals surface area contributed by atoms with Gasteiger partial charge in [0.2, 0.25) is 0 Å². The molecule has 0 fully saturated rings. The number of ether oxygens (including phenoxy) is 1. The first kappa shape index (κ1) is 21.9. The molecule has 0 aliphatic rings. The molecule has 0 aliphatic carbocycles. The smallest absolute Gasteiger partial charge is 0.123 e. The predicted octanol–water partition coefficient (Wildman–Crippen LogP) is 6.83. The van der Waals surface area contributed by atoms with Gasteiger partial charge in [-0.15, -0.1) is 0 Å². The average Bonchev–Trinajstić information content (AvgIpc) is 2.32. The molecule has 1 aromatic rings. The molecule has 0 heterocycles. The average molecular weight is 349 g/mol. The zero-order chi connectivity index (χ0) is 19.8. The van der Waals surface area contributed by atoms with E-state index in [-0.39, 0.29) is 21.7 Å².